The first-order valence-corrected chi connectivity index (χ1v) is 8.60. The van der Waals surface area contributed by atoms with E-state index in [9.17, 15) is 14.4 Å². The van der Waals surface area contributed by atoms with Gasteiger partial charge in [-0.1, -0.05) is 35.3 Å². The molecule has 3 rings (SSSR count). The van der Waals surface area contributed by atoms with Gasteiger partial charge in [0.15, 0.2) is 0 Å². The predicted molar refractivity (Wildman–Crippen MR) is 93.6 cm³/mol. The van der Waals surface area contributed by atoms with Crippen LogP contribution in [0.4, 0.5) is 9.59 Å². The first kappa shape index (κ1) is 17.8. The number of rotatable bonds is 2. The van der Waals surface area contributed by atoms with Gasteiger partial charge in [0.25, 0.3) is 5.91 Å². The topological polar surface area (TPSA) is 81.8 Å². The number of carbonyl (C=O) groups excluding carboxylic acids is 3. The predicted octanol–water partition coefficient (Wildman–Crippen LogP) is 2.39. The summed E-state index contributed by atoms with van der Waals surface area (Å²) in [6.07, 6.45) is 0.391. The van der Waals surface area contributed by atoms with Gasteiger partial charge in [0, 0.05) is 13.6 Å². The summed E-state index contributed by atoms with van der Waals surface area (Å²) in [5, 5.41) is 6.37. The number of halogens is 2. The normalized spacial score (nSPS) is 24.0. The average molecular weight is 385 g/mol. The fourth-order valence-electron chi connectivity index (χ4n) is 3.22. The summed E-state index contributed by atoms with van der Waals surface area (Å²) in [7, 11) is 1.43. The number of carbonyl (C=O) groups is 3. The van der Waals surface area contributed by atoms with E-state index in [-0.39, 0.29) is 24.5 Å². The van der Waals surface area contributed by atoms with Gasteiger partial charge in [-0.25, -0.2) is 9.59 Å². The number of nitrogens with one attached hydrogen (secondary N) is 2. The second-order valence-electron chi connectivity index (χ2n) is 6.36. The highest BCUT2D eigenvalue weighted by Gasteiger charge is 2.54. The number of likely N-dealkylation sites (N-methyl/N-ethyl adjacent to an activating group) is 1. The van der Waals surface area contributed by atoms with Crippen LogP contribution in [0.1, 0.15) is 24.9 Å². The molecule has 2 atom stereocenters. The molecule has 5 amide bonds. The van der Waals surface area contributed by atoms with Gasteiger partial charge in [0.2, 0.25) is 0 Å². The molecule has 7 nitrogen and oxygen atoms in total. The maximum absolute atomic E-state index is 12.5. The Labute approximate surface area is 155 Å². The zero-order chi connectivity index (χ0) is 18.4. The van der Waals surface area contributed by atoms with E-state index in [4.69, 9.17) is 23.2 Å². The van der Waals surface area contributed by atoms with Crippen molar-refractivity contribution in [1.82, 2.24) is 20.4 Å². The third-order valence-corrected chi connectivity index (χ3v) is 5.54. The second-order valence-corrected chi connectivity index (χ2v) is 7.15. The molecule has 1 spiro atoms. The minimum atomic E-state index is -1.01. The molecule has 2 aliphatic heterocycles. The molecule has 2 heterocycles. The Hall–Kier alpha value is -1.99. The van der Waals surface area contributed by atoms with Crippen molar-refractivity contribution in [3.63, 3.8) is 0 Å². The van der Waals surface area contributed by atoms with Crippen LogP contribution in [0.5, 0.6) is 0 Å². The number of hydrogen-bond acceptors (Lipinski definition) is 3. The van der Waals surface area contributed by atoms with Crippen LogP contribution >= 0.6 is 23.2 Å². The fourth-order valence-corrected chi connectivity index (χ4v) is 3.70. The monoisotopic (exact) mass is 384 g/mol. The lowest BCUT2D eigenvalue weighted by Crippen LogP contribution is -2.51. The number of amides is 5. The summed E-state index contributed by atoms with van der Waals surface area (Å²) < 4.78 is 0. The molecule has 0 bridgehead atoms. The molecule has 134 valence electrons. The first-order chi connectivity index (χ1) is 11.7. The largest absolute Gasteiger partial charge is 0.331 e. The van der Waals surface area contributed by atoms with Crippen LogP contribution < -0.4 is 10.6 Å². The van der Waals surface area contributed by atoms with Crippen LogP contribution in [0.3, 0.4) is 0 Å². The van der Waals surface area contributed by atoms with Crippen molar-refractivity contribution in [1.29, 1.82) is 0 Å². The van der Waals surface area contributed by atoms with E-state index >= 15 is 0 Å². The summed E-state index contributed by atoms with van der Waals surface area (Å²) in [5.41, 5.74) is -0.304. The molecule has 2 fully saturated rings. The number of likely N-dealkylation sites (tertiary alicyclic amines) is 1. The smallest absolute Gasteiger partial charge is 0.324 e. The SMILES string of the molecule is C[C@@H](NC(=O)N1CC[C@@]2(C1)NC(=O)N(C)C2=O)c1cccc(Cl)c1Cl. The fraction of sp³-hybridized carbons (Fsp3) is 0.438. The van der Waals surface area contributed by atoms with Crippen LogP contribution in [0.15, 0.2) is 18.2 Å². The third kappa shape index (κ3) is 3.02. The van der Waals surface area contributed by atoms with Crippen LogP contribution in [0.25, 0.3) is 0 Å². The highest BCUT2D eigenvalue weighted by atomic mass is 35.5. The van der Waals surface area contributed by atoms with E-state index in [1.165, 1.54) is 11.9 Å². The zero-order valence-electron chi connectivity index (χ0n) is 13.8. The van der Waals surface area contributed by atoms with Gasteiger partial charge in [0.05, 0.1) is 22.6 Å². The molecule has 2 N–H and O–H groups in total. The highest BCUT2D eigenvalue weighted by Crippen LogP contribution is 2.31. The number of benzene rings is 1. The molecule has 0 saturated carbocycles. The van der Waals surface area contributed by atoms with Gasteiger partial charge >= 0.3 is 12.1 Å². The molecule has 25 heavy (non-hydrogen) atoms. The molecule has 1 aromatic rings. The second kappa shape index (κ2) is 6.38. The quantitative estimate of drug-likeness (QED) is 0.767. The molecule has 2 aliphatic rings. The van der Waals surface area contributed by atoms with Crippen molar-refractivity contribution in [2.75, 3.05) is 20.1 Å². The van der Waals surface area contributed by atoms with Gasteiger partial charge in [-0.05, 0) is 25.0 Å². The Morgan fingerprint density at radius 2 is 2.08 bits per heavy atom. The lowest BCUT2D eigenvalue weighted by atomic mass is 9.99. The molecular weight excluding hydrogens is 367 g/mol. The van der Waals surface area contributed by atoms with Crippen molar-refractivity contribution in [3.05, 3.63) is 33.8 Å². The zero-order valence-corrected chi connectivity index (χ0v) is 15.3. The molecule has 0 unspecified atom stereocenters. The van der Waals surface area contributed by atoms with Crippen LogP contribution in [0.2, 0.25) is 10.0 Å². The summed E-state index contributed by atoms with van der Waals surface area (Å²) in [4.78, 5) is 39.1. The lowest BCUT2D eigenvalue weighted by molar-refractivity contribution is -0.129. The van der Waals surface area contributed by atoms with E-state index < -0.39 is 11.6 Å². The minimum absolute atomic E-state index is 0.143. The van der Waals surface area contributed by atoms with Gasteiger partial charge in [-0.3, -0.25) is 9.69 Å². The van der Waals surface area contributed by atoms with E-state index in [2.05, 4.69) is 10.6 Å². The lowest BCUT2D eigenvalue weighted by Gasteiger charge is -2.24. The van der Waals surface area contributed by atoms with Gasteiger partial charge in [-0.15, -0.1) is 0 Å². The van der Waals surface area contributed by atoms with Crippen molar-refractivity contribution in [2.24, 2.45) is 0 Å². The van der Waals surface area contributed by atoms with Crippen LogP contribution in [-0.4, -0.2) is 53.4 Å². The number of nitrogens with zero attached hydrogens (tertiary/aromatic N) is 2. The first-order valence-electron chi connectivity index (χ1n) is 7.85. The van der Waals surface area contributed by atoms with E-state index in [1.807, 2.05) is 0 Å². The highest BCUT2D eigenvalue weighted by molar-refractivity contribution is 6.42. The summed E-state index contributed by atoms with van der Waals surface area (Å²) in [6, 6.07) is 4.12. The van der Waals surface area contributed by atoms with Crippen molar-refractivity contribution >= 4 is 41.2 Å². The molecule has 0 radical (unpaired) electrons. The minimum Gasteiger partial charge on any atom is -0.331 e. The Kier molecular flexibility index (Phi) is 4.55. The average Bonchev–Trinajstić information content (AvgIpc) is 3.08. The van der Waals surface area contributed by atoms with Gasteiger partial charge in [-0.2, -0.15) is 0 Å². The molecule has 9 heteroatoms. The van der Waals surface area contributed by atoms with Crippen molar-refractivity contribution < 1.29 is 14.4 Å². The molecule has 0 aromatic heterocycles. The number of imide groups is 1. The molecule has 2 saturated heterocycles. The standard InChI is InChI=1S/C16H18Cl2N4O3/c1-9(10-4-3-5-11(17)12(10)18)19-14(24)22-7-6-16(8-22)13(23)21(2)15(25)20-16/h3-5,9H,6-8H2,1-2H3,(H,19,24)(H,20,25)/t9-,16+/m1/s1. The molecular formula is C16H18Cl2N4O3. The van der Waals surface area contributed by atoms with E-state index in [0.29, 0.717) is 28.6 Å². The van der Waals surface area contributed by atoms with E-state index in [1.54, 1.807) is 25.1 Å². The summed E-state index contributed by atoms with van der Waals surface area (Å²) >= 11 is 12.2. The maximum Gasteiger partial charge on any atom is 0.324 e. The maximum atomic E-state index is 12.5. The van der Waals surface area contributed by atoms with Crippen molar-refractivity contribution in [3.8, 4) is 0 Å². The van der Waals surface area contributed by atoms with E-state index in [0.717, 1.165) is 4.90 Å². The van der Waals surface area contributed by atoms with Gasteiger partial charge < -0.3 is 15.5 Å². The van der Waals surface area contributed by atoms with Crippen LogP contribution in [-0.2, 0) is 4.79 Å². The van der Waals surface area contributed by atoms with Crippen molar-refractivity contribution in [2.45, 2.75) is 24.9 Å². The number of hydrogen-bond donors (Lipinski definition) is 2. The Morgan fingerprint density at radius 3 is 2.72 bits per heavy atom. The number of urea groups is 2. The Balaban J connectivity index is 1.68. The Morgan fingerprint density at radius 1 is 1.36 bits per heavy atom. The molecule has 1 aromatic carbocycles. The summed E-state index contributed by atoms with van der Waals surface area (Å²) in [5.74, 6) is -0.307. The molecule has 0 aliphatic carbocycles. The third-order valence-electron chi connectivity index (χ3n) is 4.71. The summed E-state index contributed by atoms with van der Waals surface area (Å²) in [6.45, 7) is 2.32. The van der Waals surface area contributed by atoms with Gasteiger partial charge in [0.1, 0.15) is 5.54 Å². The van der Waals surface area contributed by atoms with Crippen LogP contribution in [0, 0.1) is 0 Å². The Bertz CT molecular complexity index is 757.